The van der Waals surface area contributed by atoms with Crippen LogP contribution in [0.2, 0.25) is 0 Å². The van der Waals surface area contributed by atoms with Crippen LogP contribution in [0, 0.1) is 0 Å². The summed E-state index contributed by atoms with van der Waals surface area (Å²) < 4.78 is 0.872. The Kier molecular flexibility index (Phi) is 3.85. The zero-order valence-electron chi connectivity index (χ0n) is 7.65. The predicted molar refractivity (Wildman–Crippen MR) is 62.3 cm³/mol. The van der Waals surface area contributed by atoms with E-state index in [0.29, 0.717) is 0 Å². The maximum absolute atomic E-state index is 9.05. The highest BCUT2D eigenvalue weighted by Crippen LogP contribution is 2.23. The van der Waals surface area contributed by atoms with Gasteiger partial charge in [0.2, 0.25) is 0 Å². The third-order valence-corrected chi connectivity index (χ3v) is 2.56. The summed E-state index contributed by atoms with van der Waals surface area (Å²) in [5.74, 6) is 0. The first kappa shape index (κ1) is 10.9. The fraction of sp³-hybridized carbons (Fsp3) is 0.100. The molecule has 0 atom stereocenters. The van der Waals surface area contributed by atoms with Crippen molar-refractivity contribution >= 4 is 28.3 Å². The summed E-state index contributed by atoms with van der Waals surface area (Å²) in [6.07, 6.45) is 1.55. The molecule has 0 spiro atoms. The second-order valence-corrected chi connectivity index (χ2v) is 3.46. The van der Waals surface area contributed by atoms with Crippen molar-refractivity contribution in [3.05, 3.63) is 41.0 Å². The highest BCUT2D eigenvalue weighted by atomic mass is 79.9. The molecule has 0 radical (unpaired) electrons. The van der Waals surface area contributed by atoms with Gasteiger partial charge in [-0.25, -0.2) is 5.01 Å². The molecule has 74 valence electrons. The van der Waals surface area contributed by atoms with E-state index in [-0.39, 0.29) is 6.61 Å². The molecule has 0 amide bonds. The topological polar surface area (TPSA) is 35.8 Å². The minimum Gasteiger partial charge on any atom is -0.392 e. The number of anilines is 1. The van der Waals surface area contributed by atoms with Crippen molar-refractivity contribution in [2.24, 2.45) is 5.10 Å². The first-order valence-corrected chi connectivity index (χ1v) is 4.80. The van der Waals surface area contributed by atoms with Crippen LogP contribution in [0.25, 0.3) is 0 Å². The summed E-state index contributed by atoms with van der Waals surface area (Å²) in [5, 5.41) is 14.3. The number of hydrazone groups is 1. The van der Waals surface area contributed by atoms with E-state index in [1.165, 1.54) is 5.01 Å². The minimum absolute atomic E-state index is 0.0173. The van der Waals surface area contributed by atoms with Gasteiger partial charge in [0.25, 0.3) is 0 Å². The van der Waals surface area contributed by atoms with Gasteiger partial charge in [-0.15, -0.1) is 0 Å². The number of aliphatic hydroxyl groups excluding tert-OH is 1. The third-order valence-electron chi connectivity index (χ3n) is 1.79. The lowest BCUT2D eigenvalue weighted by atomic mass is 10.2. The van der Waals surface area contributed by atoms with Crippen LogP contribution in [-0.2, 0) is 6.61 Å². The molecule has 4 heteroatoms. The van der Waals surface area contributed by atoms with Crippen molar-refractivity contribution in [1.82, 2.24) is 0 Å². The lowest BCUT2D eigenvalue weighted by Crippen LogP contribution is -2.05. The minimum atomic E-state index is -0.0173. The van der Waals surface area contributed by atoms with Crippen molar-refractivity contribution in [2.75, 3.05) is 5.01 Å². The van der Waals surface area contributed by atoms with E-state index in [1.54, 1.807) is 6.20 Å². The van der Waals surface area contributed by atoms with E-state index in [2.05, 4.69) is 34.3 Å². The van der Waals surface area contributed by atoms with Crippen LogP contribution in [0.5, 0.6) is 0 Å². The predicted octanol–water partition coefficient (Wildman–Crippen LogP) is 2.51. The Morgan fingerprint density at radius 2 is 2.29 bits per heavy atom. The van der Waals surface area contributed by atoms with Crippen LogP contribution < -0.4 is 5.01 Å². The molecule has 0 unspecified atom stereocenters. The number of halogens is 1. The molecule has 0 aliphatic heterocycles. The maximum atomic E-state index is 9.05. The molecule has 0 aromatic heterocycles. The highest BCUT2D eigenvalue weighted by Gasteiger charge is 2.03. The van der Waals surface area contributed by atoms with E-state index in [0.717, 1.165) is 15.7 Å². The van der Waals surface area contributed by atoms with Crippen LogP contribution >= 0.6 is 15.9 Å². The molecule has 3 nitrogen and oxygen atoms in total. The third kappa shape index (κ3) is 2.21. The summed E-state index contributed by atoms with van der Waals surface area (Å²) in [6, 6.07) is 5.53. The molecule has 1 N–H and O–H groups in total. The molecule has 0 aliphatic carbocycles. The largest absolute Gasteiger partial charge is 0.392 e. The van der Waals surface area contributed by atoms with Gasteiger partial charge in [0.15, 0.2) is 0 Å². The van der Waals surface area contributed by atoms with Gasteiger partial charge in [0.1, 0.15) is 0 Å². The molecule has 1 aromatic rings. The van der Waals surface area contributed by atoms with Crippen LogP contribution in [0.4, 0.5) is 5.69 Å². The fourth-order valence-corrected chi connectivity index (χ4v) is 1.44. The van der Waals surface area contributed by atoms with Gasteiger partial charge in [-0.1, -0.05) is 22.5 Å². The lowest BCUT2D eigenvalue weighted by molar-refractivity contribution is 0.281. The summed E-state index contributed by atoms with van der Waals surface area (Å²) >= 11 is 3.33. The van der Waals surface area contributed by atoms with Gasteiger partial charge in [0, 0.05) is 17.4 Å². The maximum Gasteiger partial charge on any atom is 0.0693 e. The van der Waals surface area contributed by atoms with Gasteiger partial charge in [0.05, 0.1) is 12.3 Å². The Morgan fingerprint density at radius 3 is 2.79 bits per heavy atom. The average molecular weight is 255 g/mol. The van der Waals surface area contributed by atoms with Crippen molar-refractivity contribution in [3.63, 3.8) is 0 Å². The molecule has 0 saturated heterocycles. The summed E-state index contributed by atoms with van der Waals surface area (Å²) in [6.45, 7) is 7.00. The van der Waals surface area contributed by atoms with Crippen molar-refractivity contribution in [3.8, 4) is 0 Å². The zero-order valence-corrected chi connectivity index (χ0v) is 9.24. The lowest BCUT2D eigenvalue weighted by Gasteiger charge is -2.14. The van der Waals surface area contributed by atoms with Crippen molar-refractivity contribution < 1.29 is 5.11 Å². The molecule has 0 aliphatic rings. The monoisotopic (exact) mass is 254 g/mol. The number of aliphatic hydroxyl groups is 1. The van der Waals surface area contributed by atoms with Gasteiger partial charge >= 0.3 is 0 Å². The molecule has 14 heavy (non-hydrogen) atoms. The van der Waals surface area contributed by atoms with E-state index in [9.17, 15) is 0 Å². The quantitative estimate of drug-likeness (QED) is 0.662. The van der Waals surface area contributed by atoms with E-state index in [4.69, 9.17) is 5.11 Å². The molecule has 0 fully saturated rings. The van der Waals surface area contributed by atoms with Gasteiger partial charge in [-0.05, 0) is 23.8 Å². The van der Waals surface area contributed by atoms with Crippen LogP contribution in [0.3, 0.4) is 0 Å². The molecule has 1 aromatic carbocycles. The summed E-state index contributed by atoms with van der Waals surface area (Å²) in [4.78, 5) is 0. The van der Waals surface area contributed by atoms with Crippen molar-refractivity contribution in [2.45, 2.75) is 6.61 Å². The van der Waals surface area contributed by atoms with Gasteiger partial charge < -0.3 is 5.11 Å². The van der Waals surface area contributed by atoms with Crippen molar-refractivity contribution in [1.29, 1.82) is 0 Å². The Balaban J connectivity index is 3.10. The normalized spacial score (nSPS) is 9.57. The van der Waals surface area contributed by atoms with Crippen LogP contribution in [0.15, 0.2) is 40.6 Å². The summed E-state index contributed by atoms with van der Waals surface area (Å²) in [5.41, 5.74) is 1.63. The molecule has 0 bridgehead atoms. The zero-order chi connectivity index (χ0) is 10.6. The fourth-order valence-electron chi connectivity index (χ4n) is 1.07. The molecular weight excluding hydrogens is 244 g/mol. The Bertz CT molecular complexity index is 344. The van der Waals surface area contributed by atoms with E-state index >= 15 is 0 Å². The molecule has 0 saturated carbocycles. The number of hydrogen-bond donors (Lipinski definition) is 1. The summed E-state index contributed by atoms with van der Waals surface area (Å²) in [7, 11) is 0. The molecule has 0 heterocycles. The SMILES string of the molecule is C=CN(N=C)c1ccc(Br)c(CO)c1. The van der Waals surface area contributed by atoms with E-state index in [1.807, 2.05) is 18.2 Å². The number of hydrogen-bond acceptors (Lipinski definition) is 3. The number of nitrogens with zero attached hydrogens (tertiary/aromatic N) is 2. The first-order valence-electron chi connectivity index (χ1n) is 4.00. The standard InChI is InChI=1S/C10H11BrN2O/c1-3-13(12-2)9-4-5-10(11)8(6-9)7-14/h3-6,14H,1-2,7H2. The Hall–Kier alpha value is -1.13. The van der Waals surface area contributed by atoms with E-state index < -0.39 is 0 Å². The van der Waals surface area contributed by atoms with Gasteiger partial charge in [-0.3, -0.25) is 0 Å². The second kappa shape index (κ2) is 4.93. The second-order valence-electron chi connectivity index (χ2n) is 2.60. The van der Waals surface area contributed by atoms with Crippen LogP contribution in [-0.4, -0.2) is 11.8 Å². The first-order chi connectivity index (χ1) is 6.72. The molecule has 1 rings (SSSR count). The highest BCUT2D eigenvalue weighted by molar-refractivity contribution is 9.10. The van der Waals surface area contributed by atoms with Crippen LogP contribution in [0.1, 0.15) is 5.56 Å². The Labute approximate surface area is 91.5 Å². The number of rotatable bonds is 4. The number of benzene rings is 1. The van der Waals surface area contributed by atoms with Gasteiger partial charge in [-0.2, -0.15) is 5.10 Å². The molecular formula is C10H11BrN2O. The Morgan fingerprint density at radius 1 is 1.57 bits per heavy atom. The average Bonchev–Trinajstić information content (AvgIpc) is 2.22. The smallest absolute Gasteiger partial charge is 0.0693 e.